The lowest BCUT2D eigenvalue weighted by Crippen LogP contribution is -2.28. The van der Waals surface area contributed by atoms with Crippen molar-refractivity contribution in [1.29, 1.82) is 0 Å². The second kappa shape index (κ2) is 7.65. The molecule has 0 aliphatic carbocycles. The second-order valence-corrected chi connectivity index (χ2v) is 6.54. The van der Waals surface area contributed by atoms with Gasteiger partial charge in [-0.3, -0.25) is 15.3 Å². The number of fused-ring (bicyclic) bond motifs is 1. The largest absolute Gasteiger partial charge is 0.486 e. The summed E-state index contributed by atoms with van der Waals surface area (Å²) in [6.45, 7) is 2.06. The molecule has 2 aromatic heterocycles. The Morgan fingerprint density at radius 1 is 1.18 bits per heavy atom. The van der Waals surface area contributed by atoms with Gasteiger partial charge in [-0.2, -0.15) is 5.10 Å². The third-order valence-corrected chi connectivity index (χ3v) is 4.50. The van der Waals surface area contributed by atoms with Gasteiger partial charge in [-0.05, 0) is 43.4 Å². The van der Waals surface area contributed by atoms with Gasteiger partial charge < -0.3 is 9.30 Å². The lowest BCUT2D eigenvalue weighted by atomic mass is 10.3. The minimum Gasteiger partial charge on any atom is -0.486 e. The van der Waals surface area contributed by atoms with Crippen molar-refractivity contribution in [3.8, 4) is 5.75 Å². The Morgan fingerprint density at radius 3 is 2.68 bits per heavy atom. The Balaban J connectivity index is 1.59. The van der Waals surface area contributed by atoms with Crippen LogP contribution in [0.3, 0.4) is 0 Å². The number of carbonyl (C=O) groups is 1. The third kappa shape index (κ3) is 3.65. The van der Waals surface area contributed by atoms with E-state index in [4.69, 9.17) is 17.0 Å². The highest BCUT2D eigenvalue weighted by atomic mass is 32.1. The quantitative estimate of drug-likeness (QED) is 0.491. The van der Waals surface area contributed by atoms with Crippen molar-refractivity contribution in [3.05, 3.63) is 71.0 Å². The van der Waals surface area contributed by atoms with Gasteiger partial charge in [0.1, 0.15) is 30.5 Å². The van der Waals surface area contributed by atoms with Crippen molar-refractivity contribution in [1.82, 2.24) is 24.4 Å². The number of benzene rings is 2. The van der Waals surface area contributed by atoms with Gasteiger partial charge >= 0.3 is 0 Å². The molecule has 1 amide bonds. The number of H-pyrrole nitrogens is 1. The van der Waals surface area contributed by atoms with E-state index in [0.717, 1.165) is 16.8 Å². The molecule has 0 saturated heterocycles. The fourth-order valence-electron chi connectivity index (χ4n) is 2.89. The van der Waals surface area contributed by atoms with Crippen LogP contribution in [-0.4, -0.2) is 30.3 Å². The van der Waals surface area contributed by atoms with E-state index in [2.05, 4.69) is 20.6 Å². The summed E-state index contributed by atoms with van der Waals surface area (Å²) in [6, 6.07) is 17.2. The van der Waals surface area contributed by atoms with Crippen molar-refractivity contribution in [3.63, 3.8) is 0 Å². The zero-order valence-electron chi connectivity index (χ0n) is 15.1. The zero-order valence-corrected chi connectivity index (χ0v) is 15.9. The van der Waals surface area contributed by atoms with Crippen LogP contribution in [-0.2, 0) is 17.9 Å². The highest BCUT2D eigenvalue weighted by molar-refractivity contribution is 7.71. The number of carbonyl (C=O) groups excluding carboxylic acids is 1. The van der Waals surface area contributed by atoms with Crippen molar-refractivity contribution >= 4 is 29.2 Å². The molecule has 8 nitrogen and oxygen atoms in total. The molecule has 2 heterocycles. The molecule has 0 aliphatic rings. The number of rotatable bonds is 6. The summed E-state index contributed by atoms with van der Waals surface area (Å²) < 4.78 is 9.45. The fourth-order valence-corrected chi connectivity index (χ4v) is 3.11. The molecule has 2 aromatic carbocycles. The molecular weight excluding hydrogens is 376 g/mol. The first-order valence-electron chi connectivity index (χ1n) is 8.67. The topological polar surface area (TPSA) is 89.8 Å². The SMILES string of the molecule is Cc1n[nH]c(=S)n1NC(=O)Cn1c(COc2ccccc2)nc2ccccc21. The van der Waals surface area contributed by atoms with Gasteiger partial charge in [-0.15, -0.1) is 0 Å². The van der Waals surface area contributed by atoms with Gasteiger partial charge in [0.25, 0.3) is 5.91 Å². The predicted molar refractivity (Wildman–Crippen MR) is 107 cm³/mol. The Bertz CT molecular complexity index is 1180. The number of para-hydroxylation sites is 3. The van der Waals surface area contributed by atoms with Crippen molar-refractivity contribution in [2.45, 2.75) is 20.1 Å². The van der Waals surface area contributed by atoms with Crippen molar-refractivity contribution in [2.24, 2.45) is 0 Å². The molecule has 4 aromatic rings. The van der Waals surface area contributed by atoms with Gasteiger partial charge in [0.05, 0.1) is 11.0 Å². The smallest absolute Gasteiger partial charge is 0.258 e. The van der Waals surface area contributed by atoms with E-state index in [1.807, 2.05) is 59.2 Å². The van der Waals surface area contributed by atoms with Gasteiger partial charge in [-0.25, -0.2) is 9.66 Å². The Kier molecular flexibility index (Phi) is 4.90. The normalized spacial score (nSPS) is 10.9. The first kappa shape index (κ1) is 17.9. The number of aromatic amines is 1. The van der Waals surface area contributed by atoms with Crippen LogP contribution in [0.4, 0.5) is 0 Å². The van der Waals surface area contributed by atoms with E-state index in [1.165, 1.54) is 4.68 Å². The summed E-state index contributed by atoms with van der Waals surface area (Å²) >= 11 is 5.13. The summed E-state index contributed by atoms with van der Waals surface area (Å²) in [4.78, 5) is 17.3. The Labute approximate surface area is 165 Å². The predicted octanol–water partition coefficient (Wildman–Crippen LogP) is 2.95. The second-order valence-electron chi connectivity index (χ2n) is 6.15. The molecule has 0 bridgehead atoms. The van der Waals surface area contributed by atoms with Gasteiger partial charge in [0, 0.05) is 0 Å². The maximum absolute atomic E-state index is 12.6. The molecule has 4 rings (SSSR count). The highest BCUT2D eigenvalue weighted by Gasteiger charge is 2.15. The molecule has 28 heavy (non-hydrogen) atoms. The van der Waals surface area contributed by atoms with Crippen LogP contribution in [0.25, 0.3) is 11.0 Å². The lowest BCUT2D eigenvalue weighted by Gasteiger charge is -2.11. The van der Waals surface area contributed by atoms with E-state index in [-0.39, 0.29) is 19.1 Å². The molecule has 142 valence electrons. The number of amides is 1. The maximum Gasteiger partial charge on any atom is 0.258 e. The van der Waals surface area contributed by atoms with Crippen LogP contribution in [0.5, 0.6) is 5.75 Å². The molecule has 0 saturated carbocycles. The van der Waals surface area contributed by atoms with Gasteiger partial charge in [-0.1, -0.05) is 30.3 Å². The van der Waals surface area contributed by atoms with Crippen LogP contribution in [0, 0.1) is 11.7 Å². The minimum atomic E-state index is -0.246. The summed E-state index contributed by atoms with van der Waals surface area (Å²) in [5, 5.41) is 6.63. The first-order chi connectivity index (χ1) is 13.6. The summed E-state index contributed by atoms with van der Waals surface area (Å²) in [5.74, 6) is 1.73. The molecule has 0 radical (unpaired) electrons. The maximum atomic E-state index is 12.6. The molecule has 9 heteroatoms. The average Bonchev–Trinajstić information content (AvgIpc) is 3.22. The Morgan fingerprint density at radius 2 is 1.93 bits per heavy atom. The number of ether oxygens (including phenoxy) is 1. The molecular formula is C19H18N6O2S. The number of aryl methyl sites for hydroxylation is 1. The number of hydrogen-bond acceptors (Lipinski definition) is 5. The van der Waals surface area contributed by atoms with Gasteiger partial charge in [0.15, 0.2) is 0 Å². The molecule has 2 N–H and O–H groups in total. The molecule has 0 aliphatic heterocycles. The summed E-state index contributed by atoms with van der Waals surface area (Å²) in [5.41, 5.74) is 4.41. The zero-order chi connectivity index (χ0) is 19.5. The lowest BCUT2D eigenvalue weighted by molar-refractivity contribution is -0.117. The Hall–Kier alpha value is -3.46. The molecule has 0 atom stereocenters. The van der Waals surface area contributed by atoms with Crippen LogP contribution in [0.2, 0.25) is 0 Å². The fraction of sp³-hybridized carbons (Fsp3) is 0.158. The molecule has 0 spiro atoms. The number of nitrogens with one attached hydrogen (secondary N) is 2. The first-order valence-corrected chi connectivity index (χ1v) is 9.08. The van der Waals surface area contributed by atoms with E-state index in [9.17, 15) is 4.79 Å². The highest BCUT2D eigenvalue weighted by Crippen LogP contribution is 2.18. The van der Waals surface area contributed by atoms with Crippen molar-refractivity contribution in [2.75, 3.05) is 5.43 Å². The van der Waals surface area contributed by atoms with Crippen LogP contribution in [0.15, 0.2) is 54.6 Å². The van der Waals surface area contributed by atoms with Crippen LogP contribution < -0.4 is 10.2 Å². The number of aromatic nitrogens is 5. The van der Waals surface area contributed by atoms with Gasteiger partial charge in [0.2, 0.25) is 4.77 Å². The van der Waals surface area contributed by atoms with Crippen LogP contribution >= 0.6 is 12.2 Å². The molecule has 0 fully saturated rings. The third-order valence-electron chi connectivity index (χ3n) is 4.22. The minimum absolute atomic E-state index is 0.0698. The average molecular weight is 394 g/mol. The van der Waals surface area contributed by atoms with E-state index in [1.54, 1.807) is 6.92 Å². The summed E-state index contributed by atoms with van der Waals surface area (Å²) in [6.07, 6.45) is 0. The van der Waals surface area contributed by atoms with E-state index >= 15 is 0 Å². The monoisotopic (exact) mass is 394 g/mol. The molecule has 0 unspecified atom stereocenters. The number of imidazole rings is 1. The van der Waals surface area contributed by atoms with E-state index in [0.29, 0.717) is 16.4 Å². The number of hydrogen-bond donors (Lipinski definition) is 2. The van der Waals surface area contributed by atoms with Crippen LogP contribution in [0.1, 0.15) is 11.6 Å². The number of nitrogens with zero attached hydrogens (tertiary/aromatic N) is 4. The standard InChI is InChI=1S/C19H18N6O2S/c1-13-21-22-19(28)25(13)23-18(26)11-24-16-10-6-5-9-15(16)20-17(24)12-27-14-7-3-2-4-8-14/h2-10H,11-12H2,1H3,(H,22,28)(H,23,26). The van der Waals surface area contributed by atoms with Crippen molar-refractivity contribution < 1.29 is 9.53 Å². The van der Waals surface area contributed by atoms with E-state index < -0.39 is 0 Å². The summed E-state index contributed by atoms with van der Waals surface area (Å²) in [7, 11) is 0.